The van der Waals surface area contributed by atoms with Crippen molar-refractivity contribution in [3.63, 3.8) is 0 Å². The minimum absolute atomic E-state index is 0.0563. The Morgan fingerprint density at radius 3 is 2.18 bits per heavy atom. The zero-order chi connectivity index (χ0) is 20.8. The van der Waals surface area contributed by atoms with E-state index >= 15 is 0 Å². The molecule has 0 aliphatic carbocycles. The molecule has 1 aromatic heterocycles. The van der Waals surface area contributed by atoms with Crippen molar-refractivity contribution in [2.24, 2.45) is 14.1 Å². The van der Waals surface area contributed by atoms with Crippen LogP contribution in [0.4, 0.5) is 5.69 Å². The number of hydrogen-bond acceptors (Lipinski definition) is 5. The lowest BCUT2D eigenvalue weighted by atomic mass is 10.1. The first-order valence-electron chi connectivity index (χ1n) is 8.09. The van der Waals surface area contributed by atoms with Crippen LogP contribution in [-0.4, -0.2) is 28.6 Å². The average molecular weight is 403 g/mol. The van der Waals surface area contributed by atoms with Crippen LogP contribution in [-0.2, 0) is 24.1 Å². The number of sulfonamides is 1. The van der Waals surface area contributed by atoms with Gasteiger partial charge in [-0.15, -0.1) is 0 Å². The van der Waals surface area contributed by atoms with Gasteiger partial charge in [-0.1, -0.05) is 6.07 Å². The molecule has 0 saturated carbocycles. The fraction of sp³-hybridized carbons (Fsp3) is 0.167. The molecule has 9 nitrogen and oxygen atoms in total. The summed E-state index contributed by atoms with van der Waals surface area (Å²) < 4.78 is 30.2. The summed E-state index contributed by atoms with van der Waals surface area (Å²) in [7, 11) is -1.25. The van der Waals surface area contributed by atoms with Crippen LogP contribution in [0.25, 0.3) is 11.0 Å². The third kappa shape index (κ3) is 3.18. The van der Waals surface area contributed by atoms with Gasteiger partial charge in [0.25, 0.3) is 10.0 Å². The highest BCUT2D eigenvalue weighted by molar-refractivity contribution is 7.92. The Labute approximate surface area is 159 Å². The second-order valence-electron chi connectivity index (χ2n) is 6.32. The molecular weight excluding hydrogens is 386 g/mol. The van der Waals surface area contributed by atoms with Crippen molar-refractivity contribution in [3.8, 4) is 0 Å². The Kier molecular flexibility index (Phi) is 4.59. The van der Waals surface area contributed by atoms with Gasteiger partial charge in [-0.25, -0.2) is 13.2 Å². The van der Waals surface area contributed by atoms with Crippen molar-refractivity contribution in [1.29, 1.82) is 0 Å². The summed E-state index contributed by atoms with van der Waals surface area (Å²) in [4.78, 5) is 34.9. The van der Waals surface area contributed by atoms with Crippen LogP contribution in [0.15, 0.2) is 50.9 Å². The summed E-state index contributed by atoms with van der Waals surface area (Å²) in [6, 6.07) is 8.14. The second kappa shape index (κ2) is 6.64. The van der Waals surface area contributed by atoms with Gasteiger partial charge in [0, 0.05) is 14.1 Å². The standard InChI is InChI=1S/C18H17N3O6S/c1-10-4-5-11(18(24)25)8-13(10)19-28(26,27)12-6-7-14-15(9-12)21(3)17(23)16(22)20(14)2/h4-9,19H,1-3H3,(H,24,25). The Balaban J connectivity index is 2.14. The van der Waals surface area contributed by atoms with Crippen LogP contribution in [0.3, 0.4) is 0 Å². The average Bonchev–Trinajstić information content (AvgIpc) is 2.65. The van der Waals surface area contributed by atoms with Gasteiger partial charge >= 0.3 is 17.1 Å². The molecule has 0 amide bonds. The predicted octanol–water partition coefficient (Wildman–Crippen LogP) is 1.04. The Hall–Kier alpha value is -3.40. The van der Waals surface area contributed by atoms with Gasteiger partial charge in [0.05, 0.1) is 27.2 Å². The Bertz CT molecular complexity index is 1350. The molecular formula is C18H17N3O6S. The number of aromatic carboxylic acids is 1. The Morgan fingerprint density at radius 1 is 0.964 bits per heavy atom. The fourth-order valence-corrected chi connectivity index (χ4v) is 3.94. The van der Waals surface area contributed by atoms with E-state index in [1.165, 1.54) is 50.5 Å². The molecule has 10 heteroatoms. The molecule has 0 bridgehead atoms. The van der Waals surface area contributed by atoms with Crippen LogP contribution in [0.2, 0.25) is 0 Å². The number of rotatable bonds is 4. The van der Waals surface area contributed by atoms with E-state index in [0.29, 0.717) is 11.1 Å². The number of aromatic nitrogens is 2. The first kappa shape index (κ1) is 19.4. The summed E-state index contributed by atoms with van der Waals surface area (Å²) >= 11 is 0. The third-order valence-electron chi connectivity index (χ3n) is 4.50. The number of nitrogens with zero attached hydrogens (tertiary/aromatic N) is 2. The molecule has 0 unspecified atom stereocenters. The number of hydrogen-bond donors (Lipinski definition) is 2. The fourth-order valence-electron chi connectivity index (χ4n) is 2.80. The van der Waals surface area contributed by atoms with Crippen molar-refractivity contribution in [2.75, 3.05) is 4.72 Å². The molecule has 1 heterocycles. The largest absolute Gasteiger partial charge is 0.478 e. The summed E-state index contributed by atoms with van der Waals surface area (Å²) in [5.41, 5.74) is -0.203. The maximum atomic E-state index is 12.8. The molecule has 2 aromatic carbocycles. The first-order chi connectivity index (χ1) is 13.0. The second-order valence-corrected chi connectivity index (χ2v) is 8.00. The van der Waals surface area contributed by atoms with Crippen molar-refractivity contribution in [2.45, 2.75) is 11.8 Å². The van der Waals surface area contributed by atoms with E-state index in [1.54, 1.807) is 6.92 Å². The van der Waals surface area contributed by atoms with Gasteiger partial charge < -0.3 is 14.2 Å². The minimum atomic E-state index is -4.07. The number of anilines is 1. The van der Waals surface area contributed by atoms with Gasteiger partial charge in [0.15, 0.2) is 0 Å². The smallest absolute Gasteiger partial charge is 0.335 e. The van der Waals surface area contributed by atoms with Gasteiger partial charge in [0.2, 0.25) is 0 Å². The molecule has 0 aliphatic rings. The van der Waals surface area contributed by atoms with Crippen molar-refractivity contribution in [1.82, 2.24) is 9.13 Å². The topological polar surface area (TPSA) is 127 Å². The van der Waals surface area contributed by atoms with Crippen LogP contribution < -0.4 is 15.8 Å². The summed E-state index contributed by atoms with van der Waals surface area (Å²) in [5.74, 6) is -1.18. The van der Waals surface area contributed by atoms with E-state index < -0.39 is 27.1 Å². The predicted molar refractivity (Wildman–Crippen MR) is 103 cm³/mol. The maximum Gasteiger partial charge on any atom is 0.335 e. The van der Waals surface area contributed by atoms with E-state index in [4.69, 9.17) is 5.11 Å². The number of fused-ring (bicyclic) bond motifs is 1. The van der Waals surface area contributed by atoms with E-state index in [1.807, 2.05) is 0 Å². The molecule has 0 fully saturated rings. The SMILES string of the molecule is Cc1ccc(C(=O)O)cc1NS(=O)(=O)c1ccc2c(c1)n(C)c(=O)c(=O)n2C. The number of carbonyl (C=O) groups is 1. The van der Waals surface area contributed by atoms with Crippen LogP contribution in [0, 0.1) is 6.92 Å². The van der Waals surface area contributed by atoms with E-state index in [9.17, 15) is 22.8 Å². The zero-order valence-corrected chi connectivity index (χ0v) is 16.1. The summed E-state index contributed by atoms with van der Waals surface area (Å²) in [5, 5.41) is 9.10. The number of carboxylic acids is 1. The van der Waals surface area contributed by atoms with Crippen molar-refractivity contribution >= 4 is 32.7 Å². The zero-order valence-electron chi connectivity index (χ0n) is 15.3. The number of benzene rings is 2. The van der Waals surface area contributed by atoms with E-state index in [-0.39, 0.29) is 21.7 Å². The van der Waals surface area contributed by atoms with Gasteiger partial charge in [0.1, 0.15) is 0 Å². The Morgan fingerprint density at radius 2 is 1.57 bits per heavy atom. The molecule has 146 valence electrons. The highest BCUT2D eigenvalue weighted by atomic mass is 32.2. The number of carboxylic acid groups (broad SMARTS) is 1. The molecule has 3 aromatic rings. The lowest BCUT2D eigenvalue weighted by Crippen LogP contribution is -2.39. The molecule has 0 spiro atoms. The number of aryl methyl sites for hydroxylation is 3. The maximum absolute atomic E-state index is 12.8. The van der Waals surface area contributed by atoms with Gasteiger partial charge in [-0.3, -0.25) is 14.3 Å². The molecule has 0 aliphatic heterocycles. The molecule has 0 radical (unpaired) electrons. The highest BCUT2D eigenvalue weighted by Gasteiger charge is 2.19. The monoisotopic (exact) mass is 403 g/mol. The quantitative estimate of drug-likeness (QED) is 0.627. The summed E-state index contributed by atoms with van der Waals surface area (Å²) in [6.07, 6.45) is 0. The lowest BCUT2D eigenvalue weighted by Gasteiger charge is -2.13. The number of nitrogens with one attached hydrogen (secondary N) is 1. The van der Waals surface area contributed by atoms with Crippen molar-refractivity contribution in [3.05, 3.63) is 68.2 Å². The summed E-state index contributed by atoms with van der Waals surface area (Å²) in [6.45, 7) is 1.64. The molecule has 28 heavy (non-hydrogen) atoms. The molecule has 3 rings (SSSR count). The first-order valence-corrected chi connectivity index (χ1v) is 9.58. The van der Waals surface area contributed by atoms with E-state index in [0.717, 1.165) is 9.13 Å². The van der Waals surface area contributed by atoms with Crippen LogP contribution in [0.1, 0.15) is 15.9 Å². The molecule has 0 saturated heterocycles. The highest BCUT2D eigenvalue weighted by Crippen LogP contribution is 2.23. The minimum Gasteiger partial charge on any atom is -0.478 e. The van der Waals surface area contributed by atoms with Crippen molar-refractivity contribution < 1.29 is 18.3 Å². The molecule has 2 N–H and O–H groups in total. The van der Waals surface area contributed by atoms with E-state index in [2.05, 4.69) is 4.72 Å². The molecule has 0 atom stereocenters. The normalized spacial score (nSPS) is 11.5. The lowest BCUT2D eigenvalue weighted by molar-refractivity contribution is 0.0697. The van der Waals surface area contributed by atoms with Gasteiger partial charge in [-0.2, -0.15) is 0 Å². The van der Waals surface area contributed by atoms with Gasteiger partial charge in [-0.05, 0) is 42.8 Å². The van der Waals surface area contributed by atoms with Crippen LogP contribution >= 0.6 is 0 Å². The third-order valence-corrected chi connectivity index (χ3v) is 5.86. The van der Waals surface area contributed by atoms with Crippen LogP contribution in [0.5, 0.6) is 0 Å².